The van der Waals surface area contributed by atoms with Crippen molar-refractivity contribution in [3.63, 3.8) is 0 Å². The molecule has 0 rings (SSSR count). The molecule has 0 aromatic heterocycles. The third kappa shape index (κ3) is 50.7. The van der Waals surface area contributed by atoms with E-state index in [1.807, 2.05) is 0 Å². The Kier molecular flexibility index (Phi) is 50.8. The van der Waals surface area contributed by atoms with Crippen molar-refractivity contribution in [2.24, 2.45) is 0 Å². The predicted molar refractivity (Wildman–Crippen MR) is 270 cm³/mol. The molecule has 63 heavy (non-hydrogen) atoms. The number of hydrogen-bond acceptors (Lipinski definition) is 6. The summed E-state index contributed by atoms with van der Waals surface area (Å²) in [5, 5.41) is 0. The van der Waals surface area contributed by atoms with Gasteiger partial charge >= 0.3 is 17.9 Å². The second-order valence-corrected chi connectivity index (χ2v) is 18.8. The van der Waals surface area contributed by atoms with Gasteiger partial charge in [-0.15, -0.1) is 0 Å². The number of esters is 3. The summed E-state index contributed by atoms with van der Waals surface area (Å²) in [7, 11) is 0. The number of allylic oxidation sites excluding steroid dienone is 4. The number of unbranched alkanes of at least 4 members (excludes halogenated alkanes) is 36. The molecule has 1 unspecified atom stereocenters. The van der Waals surface area contributed by atoms with E-state index in [2.05, 4.69) is 45.1 Å². The molecule has 0 N–H and O–H groups in total. The van der Waals surface area contributed by atoms with E-state index in [-0.39, 0.29) is 31.1 Å². The SMILES string of the molecule is CCCCCCCC/C=C\CCCCCCCCCC(=O)OC(COC(=O)CCCCCCCCC)COC(=O)CCCCCCCCCCC/C=C\CCCCCCCCCC. The molecule has 0 bridgehead atoms. The fourth-order valence-corrected chi connectivity index (χ4v) is 8.20. The van der Waals surface area contributed by atoms with E-state index in [4.69, 9.17) is 14.2 Å². The fraction of sp³-hybridized carbons (Fsp3) is 0.877. The summed E-state index contributed by atoms with van der Waals surface area (Å²) in [6.07, 6.45) is 60.4. The second kappa shape index (κ2) is 52.5. The van der Waals surface area contributed by atoms with Crippen molar-refractivity contribution >= 4 is 17.9 Å². The summed E-state index contributed by atoms with van der Waals surface area (Å²) in [5.74, 6) is -0.869. The van der Waals surface area contributed by atoms with Crippen LogP contribution >= 0.6 is 0 Å². The van der Waals surface area contributed by atoms with Crippen LogP contribution in [0.1, 0.15) is 303 Å². The van der Waals surface area contributed by atoms with Crippen molar-refractivity contribution in [1.29, 1.82) is 0 Å². The van der Waals surface area contributed by atoms with Gasteiger partial charge in [0, 0.05) is 19.3 Å². The van der Waals surface area contributed by atoms with Gasteiger partial charge in [0.05, 0.1) is 0 Å². The topological polar surface area (TPSA) is 78.9 Å². The van der Waals surface area contributed by atoms with E-state index >= 15 is 0 Å². The zero-order chi connectivity index (χ0) is 45.8. The number of carbonyl (C=O) groups is 3. The number of hydrogen-bond donors (Lipinski definition) is 0. The molecule has 6 nitrogen and oxygen atoms in total. The molecule has 1 atom stereocenters. The zero-order valence-electron chi connectivity index (χ0n) is 42.4. The van der Waals surface area contributed by atoms with Crippen molar-refractivity contribution in [3.05, 3.63) is 24.3 Å². The maximum atomic E-state index is 12.8. The molecule has 0 saturated carbocycles. The molecule has 0 aliphatic carbocycles. The fourth-order valence-electron chi connectivity index (χ4n) is 8.20. The lowest BCUT2D eigenvalue weighted by Crippen LogP contribution is -2.30. The maximum absolute atomic E-state index is 12.8. The first-order valence-corrected chi connectivity index (χ1v) is 27.8. The monoisotopic (exact) mass is 887 g/mol. The third-order valence-corrected chi connectivity index (χ3v) is 12.4. The first-order chi connectivity index (χ1) is 31.0. The van der Waals surface area contributed by atoms with Crippen LogP contribution in [0.25, 0.3) is 0 Å². The molecule has 0 amide bonds. The highest BCUT2D eigenvalue weighted by molar-refractivity contribution is 5.71. The summed E-state index contributed by atoms with van der Waals surface area (Å²) in [6, 6.07) is 0. The van der Waals surface area contributed by atoms with Gasteiger partial charge in [0.15, 0.2) is 6.10 Å². The summed E-state index contributed by atoms with van der Waals surface area (Å²) in [4.78, 5) is 37.9. The molecule has 370 valence electrons. The molecule has 0 aliphatic rings. The summed E-state index contributed by atoms with van der Waals surface area (Å²) in [6.45, 7) is 6.62. The average Bonchev–Trinajstić information content (AvgIpc) is 3.28. The number of carbonyl (C=O) groups excluding carboxylic acids is 3. The van der Waals surface area contributed by atoms with Crippen LogP contribution in [0.4, 0.5) is 0 Å². The van der Waals surface area contributed by atoms with Crippen LogP contribution in [-0.4, -0.2) is 37.2 Å². The Morgan fingerprint density at radius 3 is 0.794 bits per heavy atom. The van der Waals surface area contributed by atoms with Crippen LogP contribution in [0.2, 0.25) is 0 Å². The number of rotatable bonds is 51. The lowest BCUT2D eigenvalue weighted by molar-refractivity contribution is -0.167. The predicted octanol–water partition coefficient (Wildman–Crippen LogP) is 18.3. The second-order valence-electron chi connectivity index (χ2n) is 18.8. The molecular weight excluding hydrogens is 781 g/mol. The molecule has 0 aromatic carbocycles. The van der Waals surface area contributed by atoms with Crippen molar-refractivity contribution in [2.45, 2.75) is 309 Å². The van der Waals surface area contributed by atoms with Gasteiger partial charge in [-0.05, 0) is 70.6 Å². The zero-order valence-corrected chi connectivity index (χ0v) is 42.4. The molecule has 6 heteroatoms. The Balaban J connectivity index is 4.18. The first kappa shape index (κ1) is 60.9. The molecule has 0 spiro atoms. The lowest BCUT2D eigenvalue weighted by Gasteiger charge is -2.18. The Hall–Kier alpha value is -2.11. The highest BCUT2D eigenvalue weighted by atomic mass is 16.6. The van der Waals surface area contributed by atoms with Crippen LogP contribution in [0.5, 0.6) is 0 Å². The molecule has 0 saturated heterocycles. The van der Waals surface area contributed by atoms with Gasteiger partial charge in [0.1, 0.15) is 13.2 Å². The summed E-state index contributed by atoms with van der Waals surface area (Å²) < 4.78 is 16.8. The van der Waals surface area contributed by atoms with E-state index in [1.54, 1.807) is 0 Å². The minimum Gasteiger partial charge on any atom is -0.462 e. The normalized spacial score (nSPS) is 12.1. The van der Waals surface area contributed by atoms with Gasteiger partial charge in [-0.1, -0.05) is 238 Å². The van der Waals surface area contributed by atoms with E-state index < -0.39 is 6.10 Å². The Morgan fingerprint density at radius 1 is 0.302 bits per heavy atom. The van der Waals surface area contributed by atoms with Gasteiger partial charge in [0.25, 0.3) is 0 Å². The van der Waals surface area contributed by atoms with Crippen molar-refractivity contribution in [3.8, 4) is 0 Å². The van der Waals surface area contributed by atoms with Gasteiger partial charge in [0.2, 0.25) is 0 Å². The van der Waals surface area contributed by atoms with Gasteiger partial charge in [-0.3, -0.25) is 14.4 Å². The van der Waals surface area contributed by atoms with Crippen LogP contribution in [-0.2, 0) is 28.6 Å². The van der Waals surface area contributed by atoms with Crippen LogP contribution in [0.3, 0.4) is 0 Å². The van der Waals surface area contributed by atoms with Gasteiger partial charge in [-0.25, -0.2) is 0 Å². The smallest absolute Gasteiger partial charge is 0.306 e. The minimum absolute atomic E-state index is 0.0708. The highest BCUT2D eigenvalue weighted by Crippen LogP contribution is 2.16. The third-order valence-electron chi connectivity index (χ3n) is 12.4. The Bertz CT molecular complexity index is 1020. The Morgan fingerprint density at radius 2 is 0.524 bits per heavy atom. The van der Waals surface area contributed by atoms with Crippen LogP contribution in [0.15, 0.2) is 24.3 Å². The quantitative estimate of drug-likeness (QED) is 0.0262. The number of ether oxygens (including phenoxy) is 3. The van der Waals surface area contributed by atoms with Crippen molar-refractivity contribution in [2.75, 3.05) is 13.2 Å². The lowest BCUT2D eigenvalue weighted by atomic mass is 10.1. The van der Waals surface area contributed by atoms with Gasteiger partial charge in [-0.2, -0.15) is 0 Å². The maximum Gasteiger partial charge on any atom is 0.306 e. The molecule has 0 fully saturated rings. The standard InChI is InChI=1S/C57H106O6/c1-4-7-10-13-16-18-20-22-24-26-27-28-29-31-32-34-36-38-41-44-47-50-56(59)62-53-54(52-61-55(58)49-46-43-40-15-12-9-6-3)63-57(60)51-48-45-42-39-37-35-33-30-25-23-21-19-17-14-11-8-5-2/h23,25-27,54H,4-22,24,28-53H2,1-3H3/b25-23-,27-26-. The molecule has 0 aromatic rings. The van der Waals surface area contributed by atoms with Crippen molar-refractivity contribution < 1.29 is 28.6 Å². The van der Waals surface area contributed by atoms with E-state index in [1.165, 1.54) is 205 Å². The van der Waals surface area contributed by atoms with Gasteiger partial charge < -0.3 is 14.2 Å². The minimum atomic E-state index is -0.768. The molecule has 0 radical (unpaired) electrons. The van der Waals surface area contributed by atoms with Crippen LogP contribution < -0.4 is 0 Å². The summed E-state index contributed by atoms with van der Waals surface area (Å²) in [5.41, 5.74) is 0. The largest absolute Gasteiger partial charge is 0.462 e. The molecule has 0 heterocycles. The average molecular weight is 887 g/mol. The molecular formula is C57H106O6. The van der Waals surface area contributed by atoms with E-state index in [0.717, 1.165) is 57.8 Å². The van der Waals surface area contributed by atoms with E-state index in [9.17, 15) is 14.4 Å². The first-order valence-electron chi connectivity index (χ1n) is 27.8. The van der Waals surface area contributed by atoms with E-state index in [0.29, 0.717) is 19.3 Å². The molecule has 0 aliphatic heterocycles. The van der Waals surface area contributed by atoms with Crippen molar-refractivity contribution in [1.82, 2.24) is 0 Å². The highest BCUT2D eigenvalue weighted by Gasteiger charge is 2.19. The summed E-state index contributed by atoms with van der Waals surface area (Å²) >= 11 is 0. The Labute approximate surface area is 392 Å². The van der Waals surface area contributed by atoms with Crippen LogP contribution in [0, 0.1) is 0 Å².